The Morgan fingerprint density at radius 3 is 2.57 bits per heavy atom. The van der Waals surface area contributed by atoms with Crippen molar-refractivity contribution in [2.45, 2.75) is 18.0 Å². The summed E-state index contributed by atoms with van der Waals surface area (Å²) in [5.74, 6) is 0.419. The van der Waals surface area contributed by atoms with Gasteiger partial charge in [-0.1, -0.05) is 48.2 Å². The molecule has 8 heteroatoms. The number of hydrogen-bond acceptors (Lipinski definition) is 6. The number of thioether (sulfide) groups is 1. The fourth-order valence-electron chi connectivity index (χ4n) is 3.41. The molecule has 2 amide bonds. The van der Waals surface area contributed by atoms with Crippen molar-refractivity contribution in [1.82, 2.24) is 20.0 Å². The molecule has 154 valence electrons. The predicted molar refractivity (Wildman–Crippen MR) is 120 cm³/mol. The Kier molecular flexibility index (Phi) is 6.44. The molecule has 6 nitrogen and oxygen atoms in total. The van der Waals surface area contributed by atoms with Gasteiger partial charge in [-0.25, -0.2) is 0 Å². The maximum atomic E-state index is 12.7. The lowest BCUT2D eigenvalue weighted by Crippen LogP contribution is -2.55. The fraction of sp³-hybridized carbons (Fsp3) is 0.273. The molecule has 30 heavy (non-hydrogen) atoms. The van der Waals surface area contributed by atoms with Gasteiger partial charge in [0.05, 0.1) is 16.3 Å². The molecule has 1 unspecified atom stereocenters. The summed E-state index contributed by atoms with van der Waals surface area (Å²) in [4.78, 5) is 29.7. The van der Waals surface area contributed by atoms with Crippen LogP contribution in [0, 0.1) is 0 Å². The average molecular weight is 439 g/mol. The van der Waals surface area contributed by atoms with Gasteiger partial charge < -0.3 is 9.80 Å². The second-order valence-corrected chi connectivity index (χ2v) is 9.02. The average Bonchev–Trinajstić information content (AvgIpc) is 3.33. The molecule has 1 saturated heterocycles. The summed E-state index contributed by atoms with van der Waals surface area (Å²) in [5, 5.41) is 11.1. The third-order valence-electron chi connectivity index (χ3n) is 5.03. The molecule has 1 aliphatic heterocycles. The number of aromatic nitrogens is 2. The van der Waals surface area contributed by atoms with E-state index in [1.807, 2.05) is 76.7 Å². The highest BCUT2D eigenvalue weighted by Gasteiger charge is 2.30. The summed E-state index contributed by atoms with van der Waals surface area (Å²) in [6, 6.07) is 17.4. The first-order chi connectivity index (χ1) is 14.6. The van der Waals surface area contributed by atoms with E-state index in [-0.39, 0.29) is 17.9 Å². The first kappa shape index (κ1) is 20.6. The van der Waals surface area contributed by atoms with E-state index in [1.165, 1.54) is 23.1 Å². The SMILES string of the molecule is CC1CN(C(=O)CSc2ccc(-c3ccccc3)nn2)CCN1C(=O)c1cccs1. The molecule has 1 aromatic carbocycles. The van der Waals surface area contributed by atoms with E-state index in [0.29, 0.717) is 25.4 Å². The molecule has 1 atom stereocenters. The third kappa shape index (κ3) is 4.71. The lowest BCUT2D eigenvalue weighted by atomic mass is 10.1. The van der Waals surface area contributed by atoms with Crippen molar-refractivity contribution in [2.75, 3.05) is 25.4 Å². The van der Waals surface area contributed by atoms with Gasteiger partial charge in [0.25, 0.3) is 5.91 Å². The molecular formula is C22H22N4O2S2. The number of thiophene rings is 1. The minimum absolute atomic E-state index is 0.00718. The molecule has 1 fully saturated rings. The highest BCUT2D eigenvalue weighted by atomic mass is 32.2. The Bertz CT molecular complexity index is 994. The first-order valence-electron chi connectivity index (χ1n) is 9.76. The topological polar surface area (TPSA) is 66.4 Å². The van der Waals surface area contributed by atoms with Crippen LogP contribution in [0.15, 0.2) is 65.0 Å². The van der Waals surface area contributed by atoms with Crippen LogP contribution in [-0.2, 0) is 4.79 Å². The highest BCUT2D eigenvalue weighted by Crippen LogP contribution is 2.21. The van der Waals surface area contributed by atoms with Gasteiger partial charge in [0.2, 0.25) is 5.91 Å². The number of carbonyl (C=O) groups excluding carboxylic acids is 2. The fourth-order valence-corrected chi connectivity index (χ4v) is 4.81. The molecule has 0 aliphatic carbocycles. The number of carbonyl (C=O) groups is 2. The molecular weight excluding hydrogens is 416 g/mol. The van der Waals surface area contributed by atoms with E-state index in [0.717, 1.165) is 21.2 Å². The van der Waals surface area contributed by atoms with Crippen molar-refractivity contribution in [3.05, 3.63) is 64.9 Å². The minimum atomic E-state index is -0.00718. The summed E-state index contributed by atoms with van der Waals surface area (Å²) in [7, 11) is 0. The molecule has 3 heterocycles. The maximum absolute atomic E-state index is 12.7. The van der Waals surface area contributed by atoms with Crippen molar-refractivity contribution in [3.8, 4) is 11.3 Å². The van der Waals surface area contributed by atoms with Gasteiger partial charge in [-0.15, -0.1) is 21.5 Å². The Labute approximate surface area is 183 Å². The zero-order valence-corrected chi connectivity index (χ0v) is 18.2. The molecule has 1 aliphatic rings. The van der Waals surface area contributed by atoms with E-state index in [1.54, 1.807) is 0 Å². The highest BCUT2D eigenvalue weighted by molar-refractivity contribution is 7.99. The van der Waals surface area contributed by atoms with Crippen molar-refractivity contribution in [3.63, 3.8) is 0 Å². The number of benzene rings is 1. The molecule has 3 aromatic rings. The molecule has 0 saturated carbocycles. The summed E-state index contributed by atoms with van der Waals surface area (Å²) < 4.78 is 0. The van der Waals surface area contributed by atoms with Crippen LogP contribution < -0.4 is 0 Å². The number of amides is 2. The monoisotopic (exact) mass is 438 g/mol. The van der Waals surface area contributed by atoms with Crippen LogP contribution in [0.5, 0.6) is 0 Å². The van der Waals surface area contributed by atoms with Gasteiger partial charge in [-0.2, -0.15) is 0 Å². The van der Waals surface area contributed by atoms with Gasteiger partial charge in [0.1, 0.15) is 5.03 Å². The lowest BCUT2D eigenvalue weighted by Gasteiger charge is -2.39. The molecule has 0 radical (unpaired) electrons. The zero-order chi connectivity index (χ0) is 20.9. The van der Waals surface area contributed by atoms with Crippen LogP contribution in [-0.4, -0.2) is 63.2 Å². The van der Waals surface area contributed by atoms with Crippen molar-refractivity contribution in [1.29, 1.82) is 0 Å². The Morgan fingerprint density at radius 1 is 1.07 bits per heavy atom. The largest absolute Gasteiger partial charge is 0.338 e. The van der Waals surface area contributed by atoms with Crippen LogP contribution >= 0.6 is 23.1 Å². The van der Waals surface area contributed by atoms with Crippen molar-refractivity contribution < 1.29 is 9.59 Å². The van der Waals surface area contributed by atoms with E-state index >= 15 is 0 Å². The number of rotatable bonds is 5. The number of hydrogen-bond donors (Lipinski definition) is 0. The zero-order valence-electron chi connectivity index (χ0n) is 16.6. The molecule has 0 spiro atoms. The quantitative estimate of drug-likeness (QED) is 0.569. The second-order valence-electron chi connectivity index (χ2n) is 7.08. The van der Waals surface area contributed by atoms with Crippen LogP contribution in [0.1, 0.15) is 16.6 Å². The van der Waals surface area contributed by atoms with Gasteiger partial charge in [0, 0.05) is 31.2 Å². The second kappa shape index (κ2) is 9.40. The summed E-state index contributed by atoms with van der Waals surface area (Å²) in [5.41, 5.74) is 1.83. The Hall–Kier alpha value is -2.71. The third-order valence-corrected chi connectivity index (χ3v) is 6.79. The summed E-state index contributed by atoms with van der Waals surface area (Å²) in [6.45, 7) is 3.65. The van der Waals surface area contributed by atoms with Crippen LogP contribution in [0.3, 0.4) is 0 Å². The smallest absolute Gasteiger partial charge is 0.264 e. The molecule has 4 rings (SSSR count). The summed E-state index contributed by atoms with van der Waals surface area (Å²) in [6.07, 6.45) is 0. The molecule has 0 bridgehead atoms. The minimum Gasteiger partial charge on any atom is -0.338 e. The number of nitrogens with zero attached hydrogens (tertiary/aromatic N) is 4. The van der Waals surface area contributed by atoms with E-state index < -0.39 is 0 Å². The normalized spacial score (nSPS) is 16.5. The lowest BCUT2D eigenvalue weighted by molar-refractivity contribution is -0.130. The van der Waals surface area contributed by atoms with E-state index in [2.05, 4.69) is 10.2 Å². The first-order valence-corrected chi connectivity index (χ1v) is 11.6. The molecule has 2 aromatic heterocycles. The van der Waals surface area contributed by atoms with Gasteiger partial charge in [0.15, 0.2) is 0 Å². The summed E-state index contributed by atoms with van der Waals surface area (Å²) >= 11 is 2.84. The Morgan fingerprint density at radius 2 is 1.90 bits per heavy atom. The van der Waals surface area contributed by atoms with E-state index in [4.69, 9.17) is 0 Å². The standard InChI is InChI=1S/C22H22N4O2S2/c1-16-14-25(11-12-26(16)22(28)19-8-5-13-29-19)21(27)15-30-20-10-9-18(23-24-20)17-6-3-2-4-7-17/h2-10,13,16H,11-12,14-15H2,1H3. The van der Waals surface area contributed by atoms with Crippen molar-refractivity contribution in [2.24, 2.45) is 0 Å². The predicted octanol–water partition coefficient (Wildman–Crippen LogP) is 3.67. The van der Waals surface area contributed by atoms with Gasteiger partial charge in [-0.3, -0.25) is 9.59 Å². The van der Waals surface area contributed by atoms with Crippen LogP contribution in [0.25, 0.3) is 11.3 Å². The van der Waals surface area contributed by atoms with Crippen molar-refractivity contribution >= 4 is 34.9 Å². The van der Waals surface area contributed by atoms with Gasteiger partial charge in [-0.05, 0) is 30.5 Å². The van der Waals surface area contributed by atoms with Crippen LogP contribution in [0.2, 0.25) is 0 Å². The Balaban J connectivity index is 1.29. The molecule has 0 N–H and O–H groups in total. The number of piperazine rings is 1. The van der Waals surface area contributed by atoms with E-state index in [9.17, 15) is 9.59 Å². The van der Waals surface area contributed by atoms with Crippen LogP contribution in [0.4, 0.5) is 0 Å². The van der Waals surface area contributed by atoms with Gasteiger partial charge >= 0.3 is 0 Å². The maximum Gasteiger partial charge on any atom is 0.264 e.